The van der Waals surface area contributed by atoms with Gasteiger partial charge >= 0.3 is 0 Å². The Bertz CT molecular complexity index is 611. The predicted molar refractivity (Wildman–Crippen MR) is 93.3 cm³/mol. The van der Waals surface area contributed by atoms with E-state index >= 15 is 0 Å². The lowest BCUT2D eigenvalue weighted by atomic mass is 10.0. The van der Waals surface area contributed by atoms with E-state index < -0.39 is 0 Å². The van der Waals surface area contributed by atoms with Gasteiger partial charge in [0.25, 0.3) is 0 Å². The third kappa shape index (κ3) is 5.87. The average Bonchev–Trinajstić information content (AvgIpc) is 3.08. The highest BCUT2D eigenvalue weighted by molar-refractivity contribution is 7.10. The number of nitrogens with one attached hydrogen (secondary N) is 2. The first-order valence-corrected chi connectivity index (χ1v) is 8.70. The van der Waals surface area contributed by atoms with E-state index in [-0.39, 0.29) is 24.4 Å². The predicted octanol–water partition coefficient (Wildman–Crippen LogP) is 3.06. The fourth-order valence-corrected chi connectivity index (χ4v) is 3.08. The van der Waals surface area contributed by atoms with Crippen LogP contribution < -0.4 is 10.6 Å². The first kappa shape index (κ1) is 17.2. The molecule has 1 atom stereocenters. The average molecular weight is 330 g/mol. The van der Waals surface area contributed by atoms with Gasteiger partial charge in [0.2, 0.25) is 11.8 Å². The summed E-state index contributed by atoms with van der Waals surface area (Å²) in [5, 5.41) is 7.67. The third-order valence-corrected chi connectivity index (χ3v) is 4.41. The van der Waals surface area contributed by atoms with Gasteiger partial charge in [0.05, 0.1) is 12.6 Å². The number of thiophene rings is 1. The van der Waals surface area contributed by atoms with E-state index in [1.165, 1.54) is 5.56 Å². The molecule has 0 saturated heterocycles. The zero-order chi connectivity index (χ0) is 16.5. The van der Waals surface area contributed by atoms with Gasteiger partial charge in [-0.25, -0.2) is 0 Å². The normalized spacial score (nSPS) is 11.7. The van der Waals surface area contributed by atoms with Crippen LogP contribution in [0, 0.1) is 0 Å². The van der Waals surface area contributed by atoms with Gasteiger partial charge in [-0.1, -0.05) is 43.3 Å². The van der Waals surface area contributed by atoms with E-state index in [0.717, 1.165) is 17.7 Å². The molecule has 0 bridgehead atoms. The molecule has 2 N–H and O–H groups in total. The monoisotopic (exact) mass is 330 g/mol. The minimum Gasteiger partial charge on any atom is -0.347 e. The van der Waals surface area contributed by atoms with E-state index in [4.69, 9.17) is 0 Å². The zero-order valence-corrected chi connectivity index (χ0v) is 14.1. The number of benzene rings is 1. The number of rotatable bonds is 8. The molecular formula is C18H22N2O2S. The van der Waals surface area contributed by atoms with E-state index in [0.29, 0.717) is 6.42 Å². The van der Waals surface area contributed by atoms with Gasteiger partial charge in [0.1, 0.15) is 0 Å². The second-order valence-electron chi connectivity index (χ2n) is 5.35. The fraction of sp³-hybridized carbons (Fsp3) is 0.333. The highest BCUT2D eigenvalue weighted by atomic mass is 32.1. The summed E-state index contributed by atoms with van der Waals surface area (Å²) in [6.07, 6.45) is 1.96. The second kappa shape index (κ2) is 9.10. The van der Waals surface area contributed by atoms with Crippen molar-refractivity contribution in [1.29, 1.82) is 0 Å². The van der Waals surface area contributed by atoms with Crippen molar-refractivity contribution in [2.24, 2.45) is 0 Å². The fourth-order valence-electron chi connectivity index (χ4n) is 2.30. The molecule has 4 nitrogen and oxygen atoms in total. The summed E-state index contributed by atoms with van der Waals surface area (Å²) in [5.41, 5.74) is 1.17. The maximum atomic E-state index is 12.1. The van der Waals surface area contributed by atoms with Crippen molar-refractivity contribution in [2.75, 3.05) is 6.54 Å². The number of carbonyl (C=O) groups excluding carboxylic acids is 2. The number of amides is 2. The van der Waals surface area contributed by atoms with Crippen LogP contribution in [-0.4, -0.2) is 18.4 Å². The van der Waals surface area contributed by atoms with Crippen LogP contribution in [0.5, 0.6) is 0 Å². The minimum atomic E-state index is -0.163. The van der Waals surface area contributed by atoms with Gasteiger partial charge in [0.15, 0.2) is 0 Å². The van der Waals surface area contributed by atoms with Crippen LogP contribution in [0.2, 0.25) is 0 Å². The van der Waals surface area contributed by atoms with Crippen molar-refractivity contribution < 1.29 is 9.59 Å². The minimum absolute atomic E-state index is 0.0233. The first-order chi connectivity index (χ1) is 11.2. The lowest BCUT2D eigenvalue weighted by Gasteiger charge is -2.18. The number of hydrogen-bond acceptors (Lipinski definition) is 3. The smallest absolute Gasteiger partial charge is 0.239 e. The molecule has 122 valence electrons. The van der Waals surface area contributed by atoms with Crippen molar-refractivity contribution in [3.63, 3.8) is 0 Å². The Morgan fingerprint density at radius 3 is 2.52 bits per heavy atom. The van der Waals surface area contributed by atoms with Crippen LogP contribution in [0.25, 0.3) is 0 Å². The van der Waals surface area contributed by atoms with Gasteiger partial charge < -0.3 is 10.6 Å². The Balaban J connectivity index is 1.95. The van der Waals surface area contributed by atoms with Gasteiger partial charge in [-0.3, -0.25) is 9.59 Å². The summed E-state index contributed by atoms with van der Waals surface area (Å²) >= 11 is 1.62. The molecule has 2 amide bonds. The molecule has 1 heterocycles. The zero-order valence-electron chi connectivity index (χ0n) is 13.2. The van der Waals surface area contributed by atoms with E-state index in [2.05, 4.69) is 22.8 Å². The summed E-state index contributed by atoms with van der Waals surface area (Å²) in [7, 11) is 0. The van der Waals surface area contributed by atoms with E-state index in [1.54, 1.807) is 11.3 Å². The molecule has 0 aliphatic carbocycles. The molecular weight excluding hydrogens is 308 g/mol. The van der Waals surface area contributed by atoms with Crippen LogP contribution in [0.4, 0.5) is 0 Å². The molecule has 1 aromatic carbocycles. The molecule has 5 heteroatoms. The topological polar surface area (TPSA) is 58.2 Å². The quantitative estimate of drug-likeness (QED) is 0.781. The second-order valence-corrected chi connectivity index (χ2v) is 6.33. The Hall–Kier alpha value is -2.14. The van der Waals surface area contributed by atoms with Gasteiger partial charge in [-0.05, 0) is 29.9 Å². The summed E-state index contributed by atoms with van der Waals surface area (Å²) in [6, 6.07) is 14.0. The van der Waals surface area contributed by atoms with Crippen LogP contribution >= 0.6 is 11.3 Å². The van der Waals surface area contributed by atoms with Crippen LogP contribution in [-0.2, 0) is 16.0 Å². The lowest BCUT2D eigenvalue weighted by Crippen LogP contribution is -2.39. The molecule has 0 radical (unpaired) electrons. The molecule has 2 aromatic rings. The SMILES string of the molecule is CCCC(=O)NCC(=O)NC(Cc1ccccc1)c1cccs1. The first-order valence-electron chi connectivity index (χ1n) is 7.82. The van der Waals surface area contributed by atoms with Crippen molar-refractivity contribution in [3.05, 3.63) is 58.3 Å². The summed E-state index contributed by atoms with van der Waals surface area (Å²) in [6.45, 7) is 1.96. The van der Waals surface area contributed by atoms with Crippen molar-refractivity contribution in [3.8, 4) is 0 Å². The molecule has 0 spiro atoms. The molecule has 2 rings (SSSR count). The Kier molecular flexibility index (Phi) is 6.81. The molecule has 1 aromatic heterocycles. The highest BCUT2D eigenvalue weighted by Crippen LogP contribution is 2.22. The van der Waals surface area contributed by atoms with E-state index in [9.17, 15) is 9.59 Å². The largest absolute Gasteiger partial charge is 0.347 e. The van der Waals surface area contributed by atoms with Crippen molar-refractivity contribution in [1.82, 2.24) is 10.6 Å². The molecule has 1 unspecified atom stereocenters. The van der Waals surface area contributed by atoms with Crippen molar-refractivity contribution >= 4 is 23.2 Å². The summed E-state index contributed by atoms with van der Waals surface area (Å²) in [4.78, 5) is 24.7. The standard InChI is InChI=1S/C18H22N2O2S/c1-2-7-17(21)19-13-18(22)20-15(16-10-6-11-23-16)12-14-8-4-3-5-9-14/h3-6,8-11,15H,2,7,12-13H2,1H3,(H,19,21)(H,20,22). The molecule has 23 heavy (non-hydrogen) atoms. The van der Waals surface area contributed by atoms with Gasteiger partial charge in [0, 0.05) is 11.3 Å². The molecule has 0 saturated carbocycles. The number of carbonyl (C=O) groups is 2. The van der Waals surface area contributed by atoms with E-state index in [1.807, 2.05) is 42.6 Å². The molecule has 0 aliphatic rings. The van der Waals surface area contributed by atoms with Crippen molar-refractivity contribution in [2.45, 2.75) is 32.2 Å². The summed E-state index contributed by atoms with van der Waals surface area (Å²) in [5.74, 6) is -0.248. The number of hydrogen-bond donors (Lipinski definition) is 2. The highest BCUT2D eigenvalue weighted by Gasteiger charge is 2.16. The molecule has 0 fully saturated rings. The van der Waals surface area contributed by atoms with Crippen LogP contribution in [0.3, 0.4) is 0 Å². The summed E-state index contributed by atoms with van der Waals surface area (Å²) < 4.78 is 0. The van der Waals surface area contributed by atoms with Crippen LogP contribution in [0.1, 0.15) is 36.2 Å². The Morgan fingerprint density at radius 1 is 1.09 bits per heavy atom. The van der Waals surface area contributed by atoms with Crippen LogP contribution in [0.15, 0.2) is 47.8 Å². The maximum absolute atomic E-state index is 12.1. The maximum Gasteiger partial charge on any atom is 0.239 e. The Morgan fingerprint density at radius 2 is 1.87 bits per heavy atom. The Labute approximate surface area is 140 Å². The van der Waals surface area contributed by atoms with Gasteiger partial charge in [-0.15, -0.1) is 11.3 Å². The lowest BCUT2D eigenvalue weighted by molar-refractivity contribution is -0.126. The molecule has 0 aliphatic heterocycles. The van der Waals surface area contributed by atoms with Gasteiger partial charge in [-0.2, -0.15) is 0 Å². The third-order valence-electron chi connectivity index (χ3n) is 3.43.